The zero-order valence-electron chi connectivity index (χ0n) is 14.4. The van der Waals surface area contributed by atoms with Crippen LogP contribution in [0.1, 0.15) is 16.1 Å². The number of hydrogen-bond acceptors (Lipinski definition) is 4. The molecule has 1 N–H and O–H groups in total. The van der Waals surface area contributed by atoms with Crippen LogP contribution in [0.2, 0.25) is 0 Å². The molecule has 0 saturated heterocycles. The van der Waals surface area contributed by atoms with Gasteiger partial charge in [-0.2, -0.15) is 9.78 Å². The SMILES string of the molecule is Cc1ccc(SCCNC(=O)c2ccc(=O)n(-c3ccccc3)n2)cc1. The summed E-state index contributed by atoms with van der Waals surface area (Å²) in [6, 6.07) is 20.1. The van der Waals surface area contributed by atoms with E-state index in [4.69, 9.17) is 0 Å². The molecule has 0 aliphatic rings. The number of carbonyl (C=O) groups is 1. The fourth-order valence-corrected chi connectivity index (χ4v) is 3.11. The van der Waals surface area contributed by atoms with E-state index >= 15 is 0 Å². The minimum Gasteiger partial charge on any atom is -0.350 e. The third kappa shape index (κ3) is 4.61. The molecule has 1 aromatic heterocycles. The number of aromatic nitrogens is 2. The standard InChI is InChI=1S/C20H19N3O2S/c1-15-7-9-17(10-8-15)26-14-13-21-20(25)18-11-12-19(24)23(22-18)16-5-3-2-4-6-16/h2-12H,13-14H2,1H3,(H,21,25). The molecule has 3 aromatic rings. The Bertz CT molecular complexity index is 937. The molecule has 0 unspecified atom stereocenters. The zero-order chi connectivity index (χ0) is 18.4. The fraction of sp³-hybridized carbons (Fsp3) is 0.150. The first-order valence-electron chi connectivity index (χ1n) is 8.27. The van der Waals surface area contributed by atoms with Crippen molar-refractivity contribution in [3.63, 3.8) is 0 Å². The second-order valence-electron chi connectivity index (χ2n) is 5.72. The van der Waals surface area contributed by atoms with E-state index < -0.39 is 0 Å². The number of para-hydroxylation sites is 1. The number of nitrogens with one attached hydrogen (secondary N) is 1. The summed E-state index contributed by atoms with van der Waals surface area (Å²) in [5.41, 5.74) is 1.79. The number of thioether (sulfide) groups is 1. The minimum atomic E-state index is -0.292. The number of carbonyl (C=O) groups excluding carboxylic acids is 1. The average Bonchev–Trinajstić information content (AvgIpc) is 2.67. The van der Waals surface area contributed by atoms with Crippen LogP contribution in [0.4, 0.5) is 0 Å². The van der Waals surface area contributed by atoms with Crippen molar-refractivity contribution < 1.29 is 4.79 Å². The summed E-state index contributed by atoms with van der Waals surface area (Å²) < 4.78 is 1.23. The highest BCUT2D eigenvalue weighted by Gasteiger charge is 2.10. The van der Waals surface area contributed by atoms with Crippen molar-refractivity contribution >= 4 is 17.7 Å². The maximum absolute atomic E-state index is 12.3. The van der Waals surface area contributed by atoms with E-state index in [1.807, 2.05) is 18.2 Å². The quantitative estimate of drug-likeness (QED) is 0.539. The highest BCUT2D eigenvalue weighted by molar-refractivity contribution is 7.99. The number of rotatable bonds is 6. The number of aryl methyl sites for hydroxylation is 1. The van der Waals surface area contributed by atoms with Crippen LogP contribution in [-0.2, 0) is 0 Å². The van der Waals surface area contributed by atoms with Gasteiger partial charge in [0, 0.05) is 23.3 Å². The van der Waals surface area contributed by atoms with Crippen LogP contribution < -0.4 is 10.9 Å². The molecule has 3 rings (SSSR count). The molecule has 6 heteroatoms. The highest BCUT2D eigenvalue weighted by Crippen LogP contribution is 2.17. The second kappa shape index (κ2) is 8.49. The summed E-state index contributed by atoms with van der Waals surface area (Å²) in [5.74, 6) is 0.465. The Kier molecular flexibility index (Phi) is 5.86. The molecule has 0 radical (unpaired) electrons. The molecule has 0 atom stereocenters. The number of benzene rings is 2. The monoisotopic (exact) mass is 365 g/mol. The van der Waals surface area contributed by atoms with Crippen LogP contribution in [0.5, 0.6) is 0 Å². The van der Waals surface area contributed by atoms with Gasteiger partial charge in [-0.05, 0) is 37.3 Å². The van der Waals surface area contributed by atoms with Gasteiger partial charge in [0.1, 0.15) is 5.69 Å². The van der Waals surface area contributed by atoms with Gasteiger partial charge in [-0.25, -0.2) is 0 Å². The van der Waals surface area contributed by atoms with Crippen molar-refractivity contribution in [1.82, 2.24) is 15.1 Å². The average molecular weight is 365 g/mol. The summed E-state index contributed by atoms with van der Waals surface area (Å²) in [5, 5.41) is 7.02. The van der Waals surface area contributed by atoms with Crippen LogP contribution in [0, 0.1) is 6.92 Å². The molecule has 5 nitrogen and oxygen atoms in total. The van der Waals surface area contributed by atoms with Gasteiger partial charge < -0.3 is 5.32 Å². The fourth-order valence-electron chi connectivity index (χ4n) is 2.34. The molecular formula is C20H19N3O2S. The van der Waals surface area contributed by atoms with Gasteiger partial charge in [0.05, 0.1) is 5.69 Å². The van der Waals surface area contributed by atoms with Crippen molar-refractivity contribution in [3.8, 4) is 5.69 Å². The van der Waals surface area contributed by atoms with Gasteiger partial charge in [0.25, 0.3) is 11.5 Å². The molecule has 2 aromatic carbocycles. The molecule has 0 aliphatic carbocycles. The summed E-state index contributed by atoms with van der Waals surface area (Å²) in [6.45, 7) is 2.57. The van der Waals surface area contributed by atoms with Crippen LogP contribution in [0.25, 0.3) is 5.69 Å². The number of nitrogens with zero attached hydrogens (tertiary/aromatic N) is 2. The lowest BCUT2D eigenvalue weighted by Gasteiger charge is -2.08. The van der Waals surface area contributed by atoms with Crippen LogP contribution in [-0.4, -0.2) is 28.0 Å². The molecule has 1 amide bonds. The minimum absolute atomic E-state index is 0.216. The maximum Gasteiger partial charge on any atom is 0.271 e. The molecule has 0 aliphatic heterocycles. The van der Waals surface area contributed by atoms with E-state index in [1.54, 1.807) is 23.9 Å². The Balaban J connectivity index is 1.59. The van der Waals surface area contributed by atoms with Gasteiger partial charge in [-0.1, -0.05) is 35.9 Å². The van der Waals surface area contributed by atoms with Gasteiger partial charge in [0.15, 0.2) is 0 Å². The van der Waals surface area contributed by atoms with Crippen molar-refractivity contribution in [2.75, 3.05) is 12.3 Å². The molecular weight excluding hydrogens is 346 g/mol. The first-order valence-corrected chi connectivity index (χ1v) is 9.25. The summed E-state index contributed by atoms with van der Waals surface area (Å²) in [6.07, 6.45) is 0. The molecule has 0 bridgehead atoms. The topological polar surface area (TPSA) is 64.0 Å². The molecule has 132 valence electrons. The number of amides is 1. The lowest BCUT2D eigenvalue weighted by Crippen LogP contribution is -2.30. The normalized spacial score (nSPS) is 10.5. The molecule has 26 heavy (non-hydrogen) atoms. The van der Waals surface area contributed by atoms with Crippen LogP contribution in [0.15, 0.2) is 76.4 Å². The largest absolute Gasteiger partial charge is 0.350 e. The van der Waals surface area contributed by atoms with E-state index in [1.165, 1.54) is 27.3 Å². The summed E-state index contributed by atoms with van der Waals surface area (Å²) >= 11 is 1.68. The lowest BCUT2D eigenvalue weighted by molar-refractivity contribution is 0.0949. The Morgan fingerprint density at radius 3 is 2.50 bits per heavy atom. The van der Waals surface area contributed by atoms with Gasteiger partial charge in [-0.15, -0.1) is 11.8 Å². The van der Waals surface area contributed by atoms with Crippen molar-refractivity contribution in [2.24, 2.45) is 0 Å². The van der Waals surface area contributed by atoms with Crippen molar-refractivity contribution in [2.45, 2.75) is 11.8 Å². The Hall–Kier alpha value is -2.86. The van der Waals surface area contributed by atoms with Crippen LogP contribution in [0.3, 0.4) is 0 Å². The smallest absolute Gasteiger partial charge is 0.271 e. The predicted octanol–water partition coefficient (Wildman–Crippen LogP) is 3.06. The van der Waals surface area contributed by atoms with E-state index in [0.29, 0.717) is 12.2 Å². The molecule has 1 heterocycles. The van der Waals surface area contributed by atoms with E-state index in [-0.39, 0.29) is 17.2 Å². The van der Waals surface area contributed by atoms with Gasteiger partial charge in [0.2, 0.25) is 0 Å². The Labute approximate surface area is 156 Å². The highest BCUT2D eigenvalue weighted by atomic mass is 32.2. The zero-order valence-corrected chi connectivity index (χ0v) is 15.2. The Morgan fingerprint density at radius 2 is 1.77 bits per heavy atom. The summed E-state index contributed by atoms with van der Waals surface area (Å²) in [7, 11) is 0. The molecule has 0 fully saturated rings. The van der Waals surface area contributed by atoms with Gasteiger partial charge >= 0.3 is 0 Å². The molecule has 0 saturated carbocycles. The third-order valence-corrected chi connectivity index (χ3v) is 4.72. The Morgan fingerprint density at radius 1 is 1.04 bits per heavy atom. The third-order valence-electron chi connectivity index (χ3n) is 3.71. The van der Waals surface area contributed by atoms with Crippen molar-refractivity contribution in [1.29, 1.82) is 0 Å². The lowest BCUT2D eigenvalue weighted by atomic mass is 10.2. The maximum atomic E-state index is 12.3. The van der Waals surface area contributed by atoms with E-state index in [2.05, 4.69) is 41.6 Å². The van der Waals surface area contributed by atoms with Crippen molar-refractivity contribution in [3.05, 3.63) is 88.3 Å². The van der Waals surface area contributed by atoms with Crippen LogP contribution >= 0.6 is 11.8 Å². The molecule has 0 spiro atoms. The summed E-state index contributed by atoms with van der Waals surface area (Å²) in [4.78, 5) is 25.5. The van der Waals surface area contributed by atoms with E-state index in [9.17, 15) is 9.59 Å². The van der Waals surface area contributed by atoms with Gasteiger partial charge in [-0.3, -0.25) is 9.59 Å². The second-order valence-corrected chi connectivity index (χ2v) is 6.89. The first kappa shape index (κ1) is 17.9. The number of hydrogen-bond donors (Lipinski definition) is 1. The predicted molar refractivity (Wildman–Crippen MR) is 104 cm³/mol. The first-order chi connectivity index (χ1) is 12.6. The van der Waals surface area contributed by atoms with E-state index in [0.717, 1.165) is 5.75 Å².